The molecule has 4 nitrogen and oxygen atoms in total. The molecule has 1 N–H and O–H groups in total. The molecule has 0 aromatic heterocycles. The number of hydrogen-bond acceptors (Lipinski definition) is 3. The molecule has 0 radical (unpaired) electrons. The fourth-order valence-corrected chi connectivity index (χ4v) is 2.53. The van der Waals surface area contributed by atoms with Crippen LogP contribution in [0.15, 0.2) is 0 Å². The summed E-state index contributed by atoms with van der Waals surface area (Å²) < 4.78 is 5.45. The highest BCUT2D eigenvalue weighted by molar-refractivity contribution is 5.68. The number of hydrogen-bond donors (Lipinski definition) is 1. The summed E-state index contributed by atoms with van der Waals surface area (Å²) in [7, 11) is 2.01. The number of nitrogens with one attached hydrogen (secondary N) is 1. The second kappa shape index (κ2) is 6.12. The van der Waals surface area contributed by atoms with E-state index in [0.717, 1.165) is 32.4 Å². The van der Waals surface area contributed by atoms with Crippen molar-refractivity contribution in [2.24, 2.45) is 5.92 Å². The van der Waals surface area contributed by atoms with Crippen molar-refractivity contribution in [3.63, 3.8) is 0 Å². The summed E-state index contributed by atoms with van der Waals surface area (Å²) in [6, 6.07) is 0. The maximum Gasteiger partial charge on any atom is 0.410 e. The topological polar surface area (TPSA) is 41.6 Å². The van der Waals surface area contributed by atoms with Gasteiger partial charge in [-0.15, -0.1) is 0 Å². The van der Waals surface area contributed by atoms with Crippen LogP contribution in [0.2, 0.25) is 0 Å². The summed E-state index contributed by atoms with van der Waals surface area (Å²) >= 11 is 0. The van der Waals surface area contributed by atoms with Crippen LogP contribution in [-0.2, 0) is 4.74 Å². The number of amides is 1. The lowest BCUT2D eigenvalue weighted by Crippen LogP contribution is -2.44. The zero-order valence-electron chi connectivity index (χ0n) is 13.4. The summed E-state index contributed by atoms with van der Waals surface area (Å²) in [5.41, 5.74) is -0.281. The van der Waals surface area contributed by atoms with E-state index in [-0.39, 0.29) is 11.6 Å². The van der Waals surface area contributed by atoms with Gasteiger partial charge in [0.2, 0.25) is 0 Å². The van der Waals surface area contributed by atoms with Gasteiger partial charge in [0.25, 0.3) is 0 Å². The van der Waals surface area contributed by atoms with Crippen molar-refractivity contribution < 1.29 is 9.53 Å². The van der Waals surface area contributed by atoms with Crippen LogP contribution >= 0.6 is 0 Å². The van der Waals surface area contributed by atoms with Gasteiger partial charge < -0.3 is 15.0 Å². The number of likely N-dealkylation sites (tertiary alicyclic amines) is 1. The molecule has 19 heavy (non-hydrogen) atoms. The van der Waals surface area contributed by atoms with Gasteiger partial charge in [-0.25, -0.2) is 4.79 Å². The van der Waals surface area contributed by atoms with E-state index in [0.29, 0.717) is 5.92 Å². The predicted molar refractivity (Wildman–Crippen MR) is 78.3 cm³/mol. The molecule has 0 bridgehead atoms. The Hall–Kier alpha value is -0.770. The van der Waals surface area contributed by atoms with Crippen LogP contribution in [0.25, 0.3) is 0 Å². The van der Waals surface area contributed by atoms with E-state index < -0.39 is 5.60 Å². The SMILES string of the molecule is CNC(C)(C)C1CCCN(C(=O)OC(C)(C)C)CC1. The maximum absolute atomic E-state index is 12.1. The highest BCUT2D eigenvalue weighted by Crippen LogP contribution is 2.28. The Morgan fingerprint density at radius 1 is 1.16 bits per heavy atom. The fraction of sp³-hybridized carbons (Fsp3) is 0.933. The van der Waals surface area contributed by atoms with Crippen LogP contribution < -0.4 is 5.32 Å². The Bertz CT molecular complexity index is 308. The molecule has 1 atom stereocenters. The minimum Gasteiger partial charge on any atom is -0.444 e. The molecule has 112 valence electrons. The lowest BCUT2D eigenvalue weighted by atomic mass is 9.82. The van der Waals surface area contributed by atoms with E-state index in [1.54, 1.807) is 0 Å². The lowest BCUT2D eigenvalue weighted by molar-refractivity contribution is 0.0253. The number of nitrogens with zero attached hydrogens (tertiary/aromatic N) is 1. The molecule has 1 amide bonds. The first kappa shape index (κ1) is 16.3. The fourth-order valence-electron chi connectivity index (χ4n) is 2.53. The molecule has 0 saturated carbocycles. The van der Waals surface area contributed by atoms with E-state index in [1.807, 2.05) is 32.7 Å². The average molecular weight is 270 g/mol. The van der Waals surface area contributed by atoms with Crippen LogP contribution in [0.5, 0.6) is 0 Å². The largest absolute Gasteiger partial charge is 0.444 e. The van der Waals surface area contributed by atoms with Gasteiger partial charge in [-0.1, -0.05) is 0 Å². The van der Waals surface area contributed by atoms with Gasteiger partial charge in [-0.05, 0) is 66.8 Å². The minimum atomic E-state index is -0.410. The Balaban J connectivity index is 2.57. The summed E-state index contributed by atoms with van der Waals surface area (Å²) in [6.07, 6.45) is 3.07. The molecular formula is C15H30N2O2. The van der Waals surface area contributed by atoms with Crippen LogP contribution in [0.1, 0.15) is 53.9 Å². The highest BCUT2D eigenvalue weighted by atomic mass is 16.6. The Kier molecular flexibility index (Phi) is 5.25. The standard InChI is InChI=1S/C15H30N2O2/c1-14(2,3)19-13(18)17-10-7-8-12(9-11-17)15(4,5)16-6/h12,16H,7-11H2,1-6H3. The Morgan fingerprint density at radius 2 is 1.79 bits per heavy atom. The highest BCUT2D eigenvalue weighted by Gasteiger charge is 2.31. The van der Waals surface area contributed by atoms with Gasteiger partial charge in [-0.2, -0.15) is 0 Å². The Labute approximate surface area is 117 Å². The van der Waals surface area contributed by atoms with Gasteiger partial charge in [0.1, 0.15) is 5.60 Å². The van der Waals surface area contributed by atoms with Gasteiger partial charge in [0, 0.05) is 18.6 Å². The Morgan fingerprint density at radius 3 is 2.32 bits per heavy atom. The molecular weight excluding hydrogens is 240 g/mol. The van der Waals surface area contributed by atoms with E-state index in [2.05, 4.69) is 19.2 Å². The van der Waals surface area contributed by atoms with Crippen molar-refractivity contribution in [1.82, 2.24) is 10.2 Å². The summed E-state index contributed by atoms with van der Waals surface area (Å²) in [6.45, 7) is 11.8. The predicted octanol–water partition coefficient (Wildman–Crippen LogP) is 3.02. The molecule has 0 aromatic rings. The summed E-state index contributed by atoms with van der Waals surface area (Å²) in [5, 5.41) is 3.39. The molecule has 1 heterocycles. The van der Waals surface area contributed by atoms with Crippen molar-refractivity contribution in [3.8, 4) is 0 Å². The maximum atomic E-state index is 12.1. The third-order valence-corrected chi connectivity index (χ3v) is 4.04. The molecule has 1 fully saturated rings. The quantitative estimate of drug-likeness (QED) is 0.838. The molecule has 1 rings (SSSR count). The van der Waals surface area contributed by atoms with Gasteiger partial charge in [0.15, 0.2) is 0 Å². The van der Waals surface area contributed by atoms with Crippen LogP contribution in [0.4, 0.5) is 4.79 Å². The summed E-state index contributed by atoms with van der Waals surface area (Å²) in [4.78, 5) is 13.9. The molecule has 0 aliphatic carbocycles. The minimum absolute atomic E-state index is 0.129. The molecule has 1 unspecified atom stereocenters. The van der Waals surface area contributed by atoms with Crippen LogP contribution in [-0.4, -0.2) is 42.3 Å². The zero-order chi connectivity index (χ0) is 14.7. The monoisotopic (exact) mass is 270 g/mol. The van der Waals surface area contributed by atoms with Crippen molar-refractivity contribution in [3.05, 3.63) is 0 Å². The first-order valence-corrected chi connectivity index (χ1v) is 7.32. The molecule has 0 aromatic carbocycles. The smallest absolute Gasteiger partial charge is 0.410 e. The molecule has 4 heteroatoms. The van der Waals surface area contributed by atoms with Crippen molar-refractivity contribution in [2.75, 3.05) is 20.1 Å². The van der Waals surface area contributed by atoms with Crippen molar-refractivity contribution in [2.45, 2.75) is 65.0 Å². The second-order valence-corrected chi connectivity index (χ2v) is 7.07. The number of rotatable bonds is 2. The van der Waals surface area contributed by atoms with E-state index >= 15 is 0 Å². The summed E-state index contributed by atoms with van der Waals surface area (Å²) in [5.74, 6) is 0.602. The van der Waals surface area contributed by atoms with Crippen molar-refractivity contribution in [1.29, 1.82) is 0 Å². The molecule has 1 saturated heterocycles. The first-order valence-electron chi connectivity index (χ1n) is 7.32. The third-order valence-electron chi connectivity index (χ3n) is 4.04. The van der Waals surface area contributed by atoms with Gasteiger partial charge >= 0.3 is 6.09 Å². The van der Waals surface area contributed by atoms with Crippen LogP contribution in [0.3, 0.4) is 0 Å². The van der Waals surface area contributed by atoms with E-state index in [9.17, 15) is 4.79 Å². The van der Waals surface area contributed by atoms with E-state index in [1.165, 1.54) is 0 Å². The van der Waals surface area contributed by atoms with Gasteiger partial charge in [0.05, 0.1) is 0 Å². The average Bonchev–Trinajstić information content (AvgIpc) is 2.52. The first-order chi connectivity index (χ1) is 8.65. The van der Waals surface area contributed by atoms with Crippen molar-refractivity contribution >= 4 is 6.09 Å². The zero-order valence-corrected chi connectivity index (χ0v) is 13.4. The second-order valence-electron chi connectivity index (χ2n) is 7.07. The van der Waals surface area contributed by atoms with Crippen LogP contribution in [0, 0.1) is 5.92 Å². The number of carbonyl (C=O) groups excluding carboxylic acids is 1. The molecule has 0 spiro atoms. The number of ether oxygens (including phenoxy) is 1. The van der Waals surface area contributed by atoms with Gasteiger partial charge in [-0.3, -0.25) is 0 Å². The number of carbonyl (C=O) groups is 1. The molecule has 1 aliphatic rings. The third kappa shape index (κ3) is 5.01. The normalized spacial score (nSPS) is 22.0. The molecule has 1 aliphatic heterocycles. The van der Waals surface area contributed by atoms with E-state index in [4.69, 9.17) is 4.74 Å². The lowest BCUT2D eigenvalue weighted by Gasteiger charge is -2.33.